The largest absolute Gasteiger partial charge is 0.378 e. The molecule has 1 saturated heterocycles. The molecule has 0 bridgehead atoms. The van der Waals surface area contributed by atoms with Crippen LogP contribution >= 0.6 is 0 Å². The van der Waals surface area contributed by atoms with Gasteiger partial charge in [0.1, 0.15) is 0 Å². The third-order valence-corrected chi connectivity index (χ3v) is 3.54. The van der Waals surface area contributed by atoms with Crippen molar-refractivity contribution in [2.75, 3.05) is 6.61 Å². The van der Waals surface area contributed by atoms with Crippen molar-refractivity contribution in [2.45, 2.75) is 51.6 Å². The molecule has 1 saturated carbocycles. The van der Waals surface area contributed by atoms with Crippen LogP contribution in [0.2, 0.25) is 0 Å². The van der Waals surface area contributed by atoms with Gasteiger partial charge in [0.25, 0.3) is 0 Å². The van der Waals surface area contributed by atoms with Crippen molar-refractivity contribution in [1.82, 2.24) is 0 Å². The first kappa shape index (κ1) is 8.55. The van der Waals surface area contributed by atoms with Crippen molar-refractivity contribution in [3.63, 3.8) is 0 Å². The smallest absolute Gasteiger partial charge is 0.0606 e. The summed E-state index contributed by atoms with van der Waals surface area (Å²) in [6.07, 6.45) is 8.98. The van der Waals surface area contributed by atoms with E-state index < -0.39 is 0 Å². The molecular weight excluding hydrogens is 148 g/mol. The van der Waals surface area contributed by atoms with E-state index in [1.807, 2.05) is 0 Å². The molecular formula is C11H20O. The van der Waals surface area contributed by atoms with Crippen LogP contribution in [0.1, 0.15) is 45.4 Å². The molecule has 1 aliphatic carbocycles. The van der Waals surface area contributed by atoms with Gasteiger partial charge in [-0.05, 0) is 31.1 Å². The van der Waals surface area contributed by atoms with Gasteiger partial charge in [-0.3, -0.25) is 0 Å². The molecule has 0 spiro atoms. The Morgan fingerprint density at radius 1 is 1.25 bits per heavy atom. The predicted molar refractivity (Wildman–Crippen MR) is 50.1 cm³/mol. The lowest BCUT2D eigenvalue weighted by molar-refractivity contribution is 0.0806. The Morgan fingerprint density at radius 3 is 2.92 bits per heavy atom. The first-order valence-electron chi connectivity index (χ1n) is 5.53. The van der Waals surface area contributed by atoms with Gasteiger partial charge in [0, 0.05) is 0 Å². The first-order valence-corrected chi connectivity index (χ1v) is 5.53. The molecule has 2 rings (SSSR count). The summed E-state index contributed by atoms with van der Waals surface area (Å²) in [7, 11) is 0. The van der Waals surface area contributed by atoms with Crippen molar-refractivity contribution in [2.24, 2.45) is 11.8 Å². The lowest BCUT2D eigenvalue weighted by atomic mass is 9.78. The normalized spacial score (nSPS) is 41.2. The maximum absolute atomic E-state index is 5.84. The second kappa shape index (κ2) is 3.78. The van der Waals surface area contributed by atoms with Crippen LogP contribution in [-0.2, 0) is 4.74 Å². The molecule has 0 aromatic heterocycles. The summed E-state index contributed by atoms with van der Waals surface area (Å²) in [5.74, 6) is 1.86. The Hall–Kier alpha value is -0.0400. The Morgan fingerprint density at radius 2 is 2.08 bits per heavy atom. The standard InChI is InChI=1S/C11H20O/c1-2-5-11-10-7-4-3-6-9(10)8-12-11/h9-11H,2-8H2,1H3. The van der Waals surface area contributed by atoms with Gasteiger partial charge in [-0.15, -0.1) is 0 Å². The van der Waals surface area contributed by atoms with Crippen molar-refractivity contribution < 1.29 is 4.74 Å². The van der Waals surface area contributed by atoms with Gasteiger partial charge in [0.15, 0.2) is 0 Å². The second-order valence-corrected chi connectivity index (χ2v) is 4.37. The molecule has 1 nitrogen and oxygen atoms in total. The van der Waals surface area contributed by atoms with Crippen molar-refractivity contribution in [1.29, 1.82) is 0 Å². The van der Waals surface area contributed by atoms with Crippen molar-refractivity contribution >= 4 is 0 Å². The van der Waals surface area contributed by atoms with Crippen LogP contribution in [0, 0.1) is 11.8 Å². The molecule has 0 aromatic rings. The van der Waals surface area contributed by atoms with E-state index in [1.165, 1.54) is 38.5 Å². The molecule has 1 heteroatoms. The summed E-state index contributed by atoms with van der Waals surface area (Å²) < 4.78 is 5.84. The summed E-state index contributed by atoms with van der Waals surface area (Å²) in [4.78, 5) is 0. The van der Waals surface area contributed by atoms with E-state index >= 15 is 0 Å². The predicted octanol–water partition coefficient (Wildman–Crippen LogP) is 2.99. The highest BCUT2D eigenvalue weighted by atomic mass is 16.5. The third kappa shape index (κ3) is 1.52. The van der Waals surface area contributed by atoms with E-state index in [4.69, 9.17) is 4.74 Å². The Kier molecular flexibility index (Phi) is 2.69. The SMILES string of the molecule is CCCC1OCC2CCCCC21. The fourth-order valence-corrected chi connectivity index (χ4v) is 2.89. The van der Waals surface area contributed by atoms with E-state index in [2.05, 4.69) is 6.92 Å². The molecule has 3 unspecified atom stereocenters. The second-order valence-electron chi connectivity index (χ2n) is 4.37. The van der Waals surface area contributed by atoms with Gasteiger partial charge in [-0.1, -0.05) is 26.2 Å². The monoisotopic (exact) mass is 168 g/mol. The minimum absolute atomic E-state index is 0.625. The van der Waals surface area contributed by atoms with Crippen LogP contribution in [0.3, 0.4) is 0 Å². The lowest BCUT2D eigenvalue weighted by Gasteiger charge is -2.26. The van der Waals surface area contributed by atoms with Gasteiger partial charge in [-0.2, -0.15) is 0 Å². The van der Waals surface area contributed by atoms with E-state index in [1.54, 1.807) is 0 Å². The maximum Gasteiger partial charge on any atom is 0.0606 e. The number of hydrogen-bond donors (Lipinski definition) is 0. The molecule has 0 aromatic carbocycles. The van der Waals surface area contributed by atoms with E-state index in [9.17, 15) is 0 Å². The minimum Gasteiger partial charge on any atom is -0.378 e. The van der Waals surface area contributed by atoms with Crippen molar-refractivity contribution in [3.05, 3.63) is 0 Å². The molecule has 0 N–H and O–H groups in total. The van der Waals surface area contributed by atoms with Crippen LogP contribution in [0.25, 0.3) is 0 Å². The van der Waals surface area contributed by atoms with Crippen LogP contribution in [0.15, 0.2) is 0 Å². The maximum atomic E-state index is 5.84. The van der Waals surface area contributed by atoms with Gasteiger partial charge in [-0.25, -0.2) is 0 Å². The van der Waals surface area contributed by atoms with Gasteiger partial charge < -0.3 is 4.74 Å². The van der Waals surface area contributed by atoms with Crippen LogP contribution in [-0.4, -0.2) is 12.7 Å². The quantitative estimate of drug-likeness (QED) is 0.616. The summed E-state index contributed by atoms with van der Waals surface area (Å²) in [6, 6.07) is 0. The lowest BCUT2D eigenvalue weighted by Crippen LogP contribution is -2.23. The molecule has 1 aliphatic heterocycles. The van der Waals surface area contributed by atoms with Crippen molar-refractivity contribution in [3.8, 4) is 0 Å². The molecule has 70 valence electrons. The fourth-order valence-electron chi connectivity index (χ4n) is 2.89. The fraction of sp³-hybridized carbons (Fsp3) is 1.00. The number of ether oxygens (including phenoxy) is 1. The average molecular weight is 168 g/mol. The zero-order chi connectivity index (χ0) is 8.39. The van der Waals surface area contributed by atoms with Gasteiger partial charge >= 0.3 is 0 Å². The highest BCUT2D eigenvalue weighted by Crippen LogP contribution is 2.40. The molecule has 0 radical (unpaired) electrons. The molecule has 3 atom stereocenters. The summed E-state index contributed by atoms with van der Waals surface area (Å²) >= 11 is 0. The molecule has 12 heavy (non-hydrogen) atoms. The van der Waals surface area contributed by atoms with Gasteiger partial charge in [0.05, 0.1) is 12.7 Å². The minimum atomic E-state index is 0.625. The van der Waals surface area contributed by atoms with Crippen LogP contribution in [0.4, 0.5) is 0 Å². The molecule has 0 amide bonds. The van der Waals surface area contributed by atoms with E-state index in [-0.39, 0.29) is 0 Å². The zero-order valence-electron chi connectivity index (χ0n) is 8.09. The number of rotatable bonds is 2. The summed E-state index contributed by atoms with van der Waals surface area (Å²) in [5.41, 5.74) is 0. The highest BCUT2D eigenvalue weighted by Gasteiger charge is 2.37. The summed E-state index contributed by atoms with van der Waals surface area (Å²) in [5, 5.41) is 0. The van der Waals surface area contributed by atoms with E-state index in [0.29, 0.717) is 6.10 Å². The molecule has 2 fully saturated rings. The van der Waals surface area contributed by atoms with Crippen LogP contribution < -0.4 is 0 Å². The number of fused-ring (bicyclic) bond motifs is 1. The summed E-state index contributed by atoms with van der Waals surface area (Å²) in [6.45, 7) is 3.33. The topological polar surface area (TPSA) is 9.23 Å². The average Bonchev–Trinajstić information content (AvgIpc) is 2.50. The molecule has 2 aliphatic rings. The van der Waals surface area contributed by atoms with Crippen LogP contribution in [0.5, 0.6) is 0 Å². The van der Waals surface area contributed by atoms with E-state index in [0.717, 1.165) is 18.4 Å². The number of hydrogen-bond acceptors (Lipinski definition) is 1. The Balaban J connectivity index is 1.92. The Bertz CT molecular complexity index is 144. The zero-order valence-corrected chi connectivity index (χ0v) is 8.09. The molecule has 1 heterocycles. The third-order valence-electron chi connectivity index (χ3n) is 3.54. The van der Waals surface area contributed by atoms with Gasteiger partial charge in [0.2, 0.25) is 0 Å². The highest BCUT2D eigenvalue weighted by molar-refractivity contribution is 4.86. The first-order chi connectivity index (χ1) is 5.92. The Labute approximate surface area is 75.5 Å².